The average molecular weight is 294 g/mol. The largest absolute Gasteiger partial charge is 0.573 e. The summed E-state index contributed by atoms with van der Waals surface area (Å²) in [7, 11) is 0. The predicted molar refractivity (Wildman–Crippen MR) is 72.6 cm³/mol. The van der Waals surface area contributed by atoms with Gasteiger partial charge in [0.1, 0.15) is 11.6 Å². The summed E-state index contributed by atoms with van der Waals surface area (Å²) in [6.45, 7) is 2.06. The Hall–Kier alpha value is -2.24. The Morgan fingerprint density at radius 3 is 2.52 bits per heavy atom. The van der Waals surface area contributed by atoms with Gasteiger partial charge in [0.05, 0.1) is 5.69 Å². The molecule has 0 fully saturated rings. The second-order valence-corrected chi connectivity index (χ2v) is 5.00. The molecule has 1 aliphatic rings. The third-order valence-electron chi connectivity index (χ3n) is 3.29. The quantitative estimate of drug-likeness (QED) is 0.827. The molecular weight excluding hydrogens is 281 g/mol. The molecule has 0 unspecified atom stereocenters. The number of hydrogen-bond donors (Lipinski definition) is 0. The van der Waals surface area contributed by atoms with Gasteiger partial charge in [0.2, 0.25) is 0 Å². The van der Waals surface area contributed by atoms with E-state index >= 15 is 0 Å². The maximum absolute atomic E-state index is 12.1. The van der Waals surface area contributed by atoms with E-state index in [1.54, 1.807) is 12.1 Å². The van der Waals surface area contributed by atoms with E-state index in [9.17, 15) is 13.2 Å². The number of nitrogens with zero attached hydrogens (tertiary/aromatic N) is 2. The fraction of sp³-hybridized carbons (Fsp3) is 0.267. The van der Waals surface area contributed by atoms with Gasteiger partial charge < -0.3 is 9.30 Å². The van der Waals surface area contributed by atoms with Crippen molar-refractivity contribution in [2.24, 2.45) is 0 Å². The van der Waals surface area contributed by atoms with Gasteiger partial charge in [0, 0.05) is 24.4 Å². The minimum Gasteiger partial charge on any atom is -0.406 e. The Morgan fingerprint density at radius 1 is 1.14 bits per heavy atom. The smallest absolute Gasteiger partial charge is 0.406 e. The highest BCUT2D eigenvalue weighted by Gasteiger charge is 2.31. The highest BCUT2D eigenvalue weighted by molar-refractivity contribution is 5.61. The summed E-state index contributed by atoms with van der Waals surface area (Å²) in [6.07, 6.45) is 1.10. The second-order valence-electron chi connectivity index (χ2n) is 5.00. The molecular formula is C15H13F3N2O. The van der Waals surface area contributed by atoms with Gasteiger partial charge in [-0.2, -0.15) is 0 Å². The highest BCUT2D eigenvalue weighted by atomic mass is 19.4. The molecule has 2 heterocycles. The van der Waals surface area contributed by atoms with Crippen LogP contribution >= 0.6 is 0 Å². The molecule has 2 aromatic rings. The molecule has 0 amide bonds. The van der Waals surface area contributed by atoms with Gasteiger partial charge in [0.15, 0.2) is 0 Å². The molecule has 0 radical (unpaired) electrons. The van der Waals surface area contributed by atoms with E-state index in [-0.39, 0.29) is 5.75 Å². The van der Waals surface area contributed by atoms with Crippen molar-refractivity contribution in [2.75, 3.05) is 0 Å². The van der Waals surface area contributed by atoms with E-state index in [1.807, 2.05) is 17.0 Å². The van der Waals surface area contributed by atoms with Crippen molar-refractivity contribution in [1.29, 1.82) is 0 Å². The Morgan fingerprint density at radius 2 is 1.86 bits per heavy atom. The maximum Gasteiger partial charge on any atom is 0.573 e. The first-order valence-electron chi connectivity index (χ1n) is 6.52. The van der Waals surface area contributed by atoms with E-state index in [0.29, 0.717) is 0 Å². The van der Waals surface area contributed by atoms with Crippen molar-refractivity contribution < 1.29 is 17.9 Å². The number of hydrogen-bond acceptors (Lipinski definition) is 2. The van der Waals surface area contributed by atoms with Gasteiger partial charge in [-0.1, -0.05) is 5.57 Å². The lowest BCUT2D eigenvalue weighted by molar-refractivity contribution is -0.274. The second kappa shape index (κ2) is 4.95. The zero-order chi connectivity index (χ0) is 15.0. The molecule has 3 nitrogen and oxygen atoms in total. The van der Waals surface area contributed by atoms with E-state index in [4.69, 9.17) is 0 Å². The molecule has 3 rings (SSSR count). The first kappa shape index (κ1) is 13.7. The van der Waals surface area contributed by atoms with Crippen LogP contribution in [0.5, 0.6) is 5.75 Å². The molecule has 0 saturated heterocycles. The van der Waals surface area contributed by atoms with Crippen LogP contribution in [0.25, 0.3) is 17.5 Å². The number of aromatic nitrogens is 2. The van der Waals surface area contributed by atoms with Gasteiger partial charge >= 0.3 is 6.36 Å². The van der Waals surface area contributed by atoms with Crippen molar-refractivity contribution in [2.45, 2.75) is 26.1 Å². The van der Waals surface area contributed by atoms with Gasteiger partial charge in [-0.3, -0.25) is 0 Å². The van der Waals surface area contributed by atoms with Gasteiger partial charge in [-0.15, -0.1) is 13.2 Å². The standard InChI is InChI=1S/C15H13F3N2O/c1-10-2-7-14-19-13(9-20(14)8-10)11-3-5-12(6-4-11)21-15(16,17)18/h3-6,8-9H,2,7H2,1H3. The Bertz CT molecular complexity index is 684. The summed E-state index contributed by atoms with van der Waals surface area (Å²) in [5.74, 6) is 0.734. The van der Waals surface area contributed by atoms with Crippen LogP contribution in [0.4, 0.5) is 13.2 Å². The Balaban J connectivity index is 1.85. The highest BCUT2D eigenvalue weighted by Crippen LogP contribution is 2.27. The Kier molecular flexibility index (Phi) is 3.23. The van der Waals surface area contributed by atoms with Crippen molar-refractivity contribution in [3.8, 4) is 17.0 Å². The molecule has 110 valence electrons. The molecule has 21 heavy (non-hydrogen) atoms. The summed E-state index contributed by atoms with van der Waals surface area (Å²) in [4.78, 5) is 4.52. The number of fused-ring (bicyclic) bond motifs is 1. The number of alkyl halides is 3. The summed E-state index contributed by atoms with van der Waals surface area (Å²) in [5.41, 5.74) is 2.78. The summed E-state index contributed by atoms with van der Waals surface area (Å²) >= 11 is 0. The summed E-state index contributed by atoms with van der Waals surface area (Å²) in [6, 6.07) is 5.74. The van der Waals surface area contributed by atoms with Crippen LogP contribution in [0, 0.1) is 0 Å². The van der Waals surface area contributed by atoms with Crippen LogP contribution in [0.2, 0.25) is 0 Å². The van der Waals surface area contributed by atoms with E-state index in [1.165, 1.54) is 17.7 Å². The molecule has 0 N–H and O–H groups in total. The maximum atomic E-state index is 12.1. The third-order valence-corrected chi connectivity index (χ3v) is 3.29. The van der Waals surface area contributed by atoms with Crippen LogP contribution in [0.15, 0.2) is 36.0 Å². The number of halogens is 3. The molecule has 6 heteroatoms. The number of aryl methyl sites for hydroxylation is 1. The fourth-order valence-electron chi connectivity index (χ4n) is 2.31. The molecule has 0 saturated carbocycles. The number of allylic oxidation sites excluding steroid dienone is 1. The third kappa shape index (κ3) is 3.09. The molecule has 0 aliphatic carbocycles. The van der Waals surface area contributed by atoms with Crippen molar-refractivity contribution in [1.82, 2.24) is 9.55 Å². The number of ether oxygens (including phenoxy) is 1. The van der Waals surface area contributed by atoms with E-state index in [2.05, 4.69) is 16.6 Å². The van der Waals surface area contributed by atoms with Gasteiger partial charge in [-0.05, 0) is 37.6 Å². The van der Waals surface area contributed by atoms with Crippen molar-refractivity contribution >= 4 is 6.20 Å². The SMILES string of the molecule is CC1=Cn2cc(-c3ccc(OC(F)(F)F)cc3)nc2CC1. The first-order chi connectivity index (χ1) is 9.90. The molecule has 0 bridgehead atoms. The predicted octanol–water partition coefficient (Wildman–Crippen LogP) is 4.26. The van der Waals surface area contributed by atoms with Crippen LogP contribution in [-0.2, 0) is 6.42 Å². The minimum atomic E-state index is -4.67. The lowest BCUT2D eigenvalue weighted by atomic mass is 10.1. The van der Waals surface area contributed by atoms with E-state index in [0.717, 1.165) is 29.9 Å². The van der Waals surface area contributed by atoms with Gasteiger partial charge in [0.25, 0.3) is 0 Å². The molecule has 0 spiro atoms. The summed E-state index contributed by atoms with van der Waals surface area (Å²) in [5, 5.41) is 0. The van der Waals surface area contributed by atoms with Crippen LogP contribution in [-0.4, -0.2) is 15.9 Å². The molecule has 1 aromatic carbocycles. The first-order valence-corrected chi connectivity index (χ1v) is 6.52. The summed E-state index contributed by atoms with van der Waals surface area (Å²) < 4.78 is 42.2. The number of rotatable bonds is 2. The lowest BCUT2D eigenvalue weighted by Crippen LogP contribution is -2.16. The zero-order valence-corrected chi connectivity index (χ0v) is 11.3. The zero-order valence-electron chi connectivity index (χ0n) is 11.3. The van der Waals surface area contributed by atoms with Crippen LogP contribution < -0.4 is 4.74 Å². The Labute approximate surface area is 119 Å². The topological polar surface area (TPSA) is 27.1 Å². The van der Waals surface area contributed by atoms with Gasteiger partial charge in [-0.25, -0.2) is 4.98 Å². The monoisotopic (exact) mass is 294 g/mol. The minimum absolute atomic E-state index is 0.231. The fourth-order valence-corrected chi connectivity index (χ4v) is 2.31. The average Bonchev–Trinajstić information content (AvgIpc) is 2.80. The lowest BCUT2D eigenvalue weighted by Gasteiger charge is -2.09. The van der Waals surface area contributed by atoms with Crippen molar-refractivity contribution in [3.05, 3.63) is 41.9 Å². The van der Waals surface area contributed by atoms with Crippen molar-refractivity contribution in [3.63, 3.8) is 0 Å². The molecule has 1 aromatic heterocycles. The number of benzene rings is 1. The molecule has 0 atom stereocenters. The van der Waals surface area contributed by atoms with Crippen LogP contribution in [0.3, 0.4) is 0 Å². The van der Waals surface area contributed by atoms with E-state index < -0.39 is 6.36 Å². The molecule has 1 aliphatic heterocycles. The normalized spacial score (nSPS) is 14.6. The van der Waals surface area contributed by atoms with Crippen LogP contribution in [0.1, 0.15) is 19.2 Å². The number of imidazole rings is 1.